The molecule has 1 aromatic carbocycles. The minimum Gasteiger partial charge on any atom is -0.451 e. The molecule has 3 N–H and O–H groups in total. The number of rotatable bonds is 4. The van der Waals surface area contributed by atoms with E-state index >= 15 is 0 Å². The maximum atomic E-state index is 11.8. The summed E-state index contributed by atoms with van der Waals surface area (Å²) in [6.45, 7) is 3.18. The quantitative estimate of drug-likeness (QED) is 0.708. The van der Waals surface area contributed by atoms with Gasteiger partial charge in [0.2, 0.25) is 0 Å². The number of H-pyrrole nitrogens is 2. The fourth-order valence-electron chi connectivity index (χ4n) is 1.84. The first-order chi connectivity index (χ1) is 10.8. The number of benzene rings is 1. The maximum absolute atomic E-state index is 11.8. The number of anilines is 1. The molecule has 0 aliphatic heterocycles. The zero-order valence-electron chi connectivity index (χ0n) is 12.6. The molecule has 1 aromatic heterocycles. The van der Waals surface area contributed by atoms with Gasteiger partial charge in [-0.15, -0.1) is 0 Å². The molecule has 0 radical (unpaired) electrons. The van der Waals surface area contributed by atoms with Crippen molar-refractivity contribution >= 4 is 17.6 Å². The molecule has 0 aliphatic carbocycles. The van der Waals surface area contributed by atoms with Crippen LogP contribution in [0, 0.1) is 13.8 Å². The summed E-state index contributed by atoms with van der Waals surface area (Å²) < 4.78 is 4.77. The summed E-state index contributed by atoms with van der Waals surface area (Å²) in [4.78, 5) is 49.7. The molecule has 0 unspecified atom stereocenters. The SMILES string of the molecule is Cc1ccc(C)c(NC(=O)COC(=O)c2cc(=O)[nH]c(=O)[nH]2)c1. The summed E-state index contributed by atoms with van der Waals surface area (Å²) in [5, 5.41) is 2.62. The van der Waals surface area contributed by atoms with Gasteiger partial charge in [-0.05, 0) is 31.0 Å². The summed E-state index contributed by atoms with van der Waals surface area (Å²) in [7, 11) is 0. The first-order valence-electron chi connectivity index (χ1n) is 6.73. The van der Waals surface area contributed by atoms with Crippen molar-refractivity contribution in [2.75, 3.05) is 11.9 Å². The van der Waals surface area contributed by atoms with Gasteiger partial charge in [0.1, 0.15) is 5.69 Å². The van der Waals surface area contributed by atoms with E-state index in [1.807, 2.05) is 31.0 Å². The second-order valence-corrected chi connectivity index (χ2v) is 4.94. The van der Waals surface area contributed by atoms with E-state index in [1.54, 1.807) is 6.07 Å². The number of esters is 1. The highest BCUT2D eigenvalue weighted by atomic mass is 16.5. The number of nitrogens with one attached hydrogen (secondary N) is 3. The normalized spacial score (nSPS) is 10.2. The fourth-order valence-corrected chi connectivity index (χ4v) is 1.84. The Morgan fingerprint density at radius 1 is 1.13 bits per heavy atom. The van der Waals surface area contributed by atoms with Crippen molar-refractivity contribution in [2.24, 2.45) is 0 Å². The molecule has 1 amide bonds. The fraction of sp³-hybridized carbons (Fsp3) is 0.200. The number of carbonyl (C=O) groups is 2. The van der Waals surface area contributed by atoms with Crippen LogP contribution in [0.2, 0.25) is 0 Å². The molecule has 0 bridgehead atoms. The molecule has 23 heavy (non-hydrogen) atoms. The molecule has 2 aromatic rings. The van der Waals surface area contributed by atoms with E-state index < -0.39 is 29.7 Å². The van der Waals surface area contributed by atoms with Crippen LogP contribution in [0.15, 0.2) is 33.9 Å². The second kappa shape index (κ2) is 6.73. The van der Waals surface area contributed by atoms with Crippen molar-refractivity contribution in [3.8, 4) is 0 Å². The molecule has 0 atom stereocenters. The van der Waals surface area contributed by atoms with E-state index in [4.69, 9.17) is 4.74 Å². The third-order valence-corrected chi connectivity index (χ3v) is 2.98. The molecule has 0 spiro atoms. The van der Waals surface area contributed by atoms with Gasteiger partial charge < -0.3 is 15.0 Å². The molecule has 0 saturated heterocycles. The number of aromatic amines is 2. The molecule has 0 fully saturated rings. The molecule has 8 heteroatoms. The number of aryl methyl sites for hydroxylation is 2. The Hall–Kier alpha value is -3.16. The van der Waals surface area contributed by atoms with Crippen LogP contribution < -0.4 is 16.6 Å². The molecular formula is C15H15N3O5. The summed E-state index contributed by atoms with van der Waals surface area (Å²) in [6, 6.07) is 6.45. The van der Waals surface area contributed by atoms with Crippen LogP contribution in [0.4, 0.5) is 5.69 Å². The number of ether oxygens (including phenoxy) is 1. The van der Waals surface area contributed by atoms with Crippen LogP contribution in [0.25, 0.3) is 0 Å². The predicted molar refractivity (Wildman–Crippen MR) is 82.5 cm³/mol. The lowest BCUT2D eigenvalue weighted by molar-refractivity contribution is -0.119. The molecule has 8 nitrogen and oxygen atoms in total. The first-order valence-corrected chi connectivity index (χ1v) is 6.73. The highest BCUT2D eigenvalue weighted by molar-refractivity contribution is 5.95. The van der Waals surface area contributed by atoms with Crippen LogP contribution in [0.1, 0.15) is 21.6 Å². The Morgan fingerprint density at radius 2 is 1.87 bits per heavy atom. The average molecular weight is 317 g/mol. The van der Waals surface area contributed by atoms with E-state index in [9.17, 15) is 19.2 Å². The van der Waals surface area contributed by atoms with Crippen molar-refractivity contribution in [1.82, 2.24) is 9.97 Å². The highest BCUT2D eigenvalue weighted by Crippen LogP contribution is 2.16. The Balaban J connectivity index is 1.98. The molecule has 120 valence electrons. The van der Waals surface area contributed by atoms with Crippen molar-refractivity contribution in [3.63, 3.8) is 0 Å². The predicted octanol–water partition coefficient (Wildman–Crippen LogP) is 0.476. The summed E-state index contributed by atoms with van der Waals surface area (Å²) in [5.74, 6) is -1.50. The monoisotopic (exact) mass is 317 g/mol. The summed E-state index contributed by atoms with van der Waals surface area (Å²) in [6.07, 6.45) is 0. The van der Waals surface area contributed by atoms with Gasteiger partial charge in [0.25, 0.3) is 11.5 Å². The van der Waals surface area contributed by atoms with Crippen LogP contribution in [-0.2, 0) is 9.53 Å². The standard InChI is InChI=1S/C15H15N3O5/c1-8-3-4-9(2)10(5-8)16-13(20)7-23-14(21)11-6-12(19)18-15(22)17-11/h3-6H,7H2,1-2H3,(H,16,20)(H2,17,18,19,22). The lowest BCUT2D eigenvalue weighted by Crippen LogP contribution is -2.27. The Labute approximate surface area is 130 Å². The van der Waals surface area contributed by atoms with Crippen molar-refractivity contribution in [1.29, 1.82) is 0 Å². The maximum Gasteiger partial charge on any atom is 0.355 e. The van der Waals surface area contributed by atoms with Gasteiger partial charge in [0, 0.05) is 11.8 Å². The van der Waals surface area contributed by atoms with Gasteiger partial charge in [-0.2, -0.15) is 0 Å². The van der Waals surface area contributed by atoms with Crippen LogP contribution in [0.3, 0.4) is 0 Å². The van der Waals surface area contributed by atoms with Crippen molar-refractivity contribution in [2.45, 2.75) is 13.8 Å². The van der Waals surface area contributed by atoms with Gasteiger partial charge in [0.05, 0.1) is 0 Å². The van der Waals surface area contributed by atoms with E-state index in [0.29, 0.717) is 5.69 Å². The minimum atomic E-state index is -0.968. The topological polar surface area (TPSA) is 121 Å². The van der Waals surface area contributed by atoms with Gasteiger partial charge in [-0.1, -0.05) is 12.1 Å². The molecular weight excluding hydrogens is 302 g/mol. The van der Waals surface area contributed by atoms with Gasteiger partial charge in [0.15, 0.2) is 6.61 Å². The van der Waals surface area contributed by atoms with E-state index in [0.717, 1.165) is 17.2 Å². The molecule has 0 aliphatic rings. The van der Waals surface area contributed by atoms with E-state index in [-0.39, 0.29) is 5.69 Å². The second-order valence-electron chi connectivity index (χ2n) is 4.94. The third-order valence-electron chi connectivity index (χ3n) is 2.98. The number of amides is 1. The number of aromatic nitrogens is 2. The molecule has 1 heterocycles. The van der Waals surface area contributed by atoms with Crippen LogP contribution >= 0.6 is 0 Å². The van der Waals surface area contributed by atoms with Crippen molar-refractivity contribution < 1.29 is 14.3 Å². The van der Waals surface area contributed by atoms with Crippen LogP contribution in [-0.4, -0.2) is 28.5 Å². The lowest BCUT2D eigenvalue weighted by Gasteiger charge is -2.09. The van der Waals surface area contributed by atoms with Crippen LogP contribution in [0.5, 0.6) is 0 Å². The Bertz CT molecular complexity index is 838. The van der Waals surface area contributed by atoms with Gasteiger partial charge in [-0.3, -0.25) is 14.6 Å². The minimum absolute atomic E-state index is 0.321. The van der Waals surface area contributed by atoms with Gasteiger partial charge >= 0.3 is 11.7 Å². The Morgan fingerprint density at radius 3 is 2.57 bits per heavy atom. The zero-order chi connectivity index (χ0) is 17.0. The third kappa shape index (κ3) is 4.40. The first kappa shape index (κ1) is 16.2. The average Bonchev–Trinajstić information content (AvgIpc) is 2.47. The lowest BCUT2D eigenvalue weighted by atomic mass is 10.1. The Kier molecular flexibility index (Phi) is 4.75. The zero-order valence-corrected chi connectivity index (χ0v) is 12.6. The van der Waals surface area contributed by atoms with Gasteiger partial charge in [-0.25, -0.2) is 9.59 Å². The number of hydrogen-bond donors (Lipinski definition) is 3. The van der Waals surface area contributed by atoms with E-state index in [2.05, 4.69) is 10.3 Å². The summed E-state index contributed by atoms with van der Waals surface area (Å²) in [5.41, 5.74) is 0.580. The van der Waals surface area contributed by atoms with E-state index in [1.165, 1.54) is 0 Å². The van der Waals surface area contributed by atoms with Crippen molar-refractivity contribution in [3.05, 3.63) is 61.9 Å². The summed E-state index contributed by atoms with van der Waals surface area (Å²) >= 11 is 0. The number of carbonyl (C=O) groups excluding carboxylic acids is 2. The smallest absolute Gasteiger partial charge is 0.355 e. The highest BCUT2D eigenvalue weighted by Gasteiger charge is 2.13. The number of hydrogen-bond acceptors (Lipinski definition) is 5. The molecule has 0 saturated carbocycles. The molecule has 2 rings (SSSR count). The largest absolute Gasteiger partial charge is 0.451 e.